The predicted octanol–water partition coefficient (Wildman–Crippen LogP) is 0.604. The maximum Gasteiger partial charge on any atom is 0.223 e. The van der Waals surface area contributed by atoms with Gasteiger partial charge in [-0.05, 0) is 32.2 Å². The smallest absolute Gasteiger partial charge is 0.223 e. The van der Waals surface area contributed by atoms with Gasteiger partial charge < -0.3 is 15.3 Å². The van der Waals surface area contributed by atoms with Crippen molar-refractivity contribution in [2.75, 3.05) is 20.1 Å². The first-order valence-electron chi connectivity index (χ1n) is 6.18. The van der Waals surface area contributed by atoms with E-state index in [-0.39, 0.29) is 18.1 Å². The van der Waals surface area contributed by atoms with Crippen molar-refractivity contribution in [2.24, 2.45) is 5.92 Å². The summed E-state index contributed by atoms with van der Waals surface area (Å²) in [5.74, 6) is 0.688. The molecule has 0 aliphatic heterocycles. The number of hydrogen-bond acceptors (Lipinski definition) is 3. The Bertz CT molecular complexity index is 227. The Balaban J connectivity index is 2.19. The van der Waals surface area contributed by atoms with Crippen molar-refractivity contribution < 1.29 is 9.90 Å². The Morgan fingerprint density at radius 2 is 2.19 bits per heavy atom. The van der Waals surface area contributed by atoms with Gasteiger partial charge in [-0.1, -0.05) is 6.92 Å². The van der Waals surface area contributed by atoms with E-state index in [0.29, 0.717) is 12.3 Å². The van der Waals surface area contributed by atoms with Gasteiger partial charge >= 0.3 is 0 Å². The van der Waals surface area contributed by atoms with Crippen LogP contribution in [0.1, 0.15) is 33.1 Å². The molecule has 1 rings (SSSR count). The molecular formula is C12H24N2O2. The molecule has 0 aromatic carbocycles. The summed E-state index contributed by atoms with van der Waals surface area (Å²) in [6.45, 7) is 5.75. The molecule has 1 unspecified atom stereocenters. The summed E-state index contributed by atoms with van der Waals surface area (Å²) in [5, 5.41) is 12.4. The zero-order chi connectivity index (χ0) is 12.1. The lowest BCUT2D eigenvalue weighted by molar-refractivity contribution is -0.131. The first-order valence-corrected chi connectivity index (χ1v) is 6.18. The molecule has 0 spiro atoms. The molecule has 2 N–H and O–H groups in total. The van der Waals surface area contributed by atoms with E-state index >= 15 is 0 Å². The fourth-order valence-electron chi connectivity index (χ4n) is 2.18. The van der Waals surface area contributed by atoms with Crippen molar-refractivity contribution in [1.29, 1.82) is 0 Å². The lowest BCUT2D eigenvalue weighted by Gasteiger charge is -2.34. The van der Waals surface area contributed by atoms with Gasteiger partial charge in [0.25, 0.3) is 0 Å². The molecule has 1 aliphatic carbocycles. The fraction of sp³-hybridized carbons (Fsp3) is 0.917. The normalized spacial score (nSPS) is 26.0. The number of nitrogens with one attached hydrogen (secondary N) is 1. The molecule has 0 aromatic rings. The zero-order valence-electron chi connectivity index (χ0n) is 10.6. The molecule has 16 heavy (non-hydrogen) atoms. The number of nitrogens with zero attached hydrogens (tertiary/aromatic N) is 1. The fourth-order valence-corrected chi connectivity index (χ4v) is 2.18. The van der Waals surface area contributed by atoms with Gasteiger partial charge in [-0.15, -0.1) is 0 Å². The third kappa shape index (κ3) is 4.10. The Kier molecular flexibility index (Phi) is 5.22. The molecule has 0 heterocycles. The van der Waals surface area contributed by atoms with E-state index in [1.807, 2.05) is 20.9 Å². The number of carbonyl (C=O) groups excluding carboxylic acids is 1. The van der Waals surface area contributed by atoms with Crippen LogP contribution in [-0.4, -0.2) is 48.2 Å². The van der Waals surface area contributed by atoms with Crippen LogP contribution in [0.4, 0.5) is 0 Å². The maximum atomic E-state index is 11.8. The van der Waals surface area contributed by atoms with E-state index in [4.69, 9.17) is 0 Å². The number of aliphatic hydroxyl groups excluding tert-OH is 1. The van der Waals surface area contributed by atoms with Crippen LogP contribution in [0.15, 0.2) is 0 Å². The van der Waals surface area contributed by atoms with Gasteiger partial charge in [0.2, 0.25) is 5.91 Å². The van der Waals surface area contributed by atoms with E-state index in [1.54, 1.807) is 4.90 Å². The average Bonchev–Trinajstić information content (AvgIpc) is 2.15. The molecule has 1 saturated carbocycles. The average molecular weight is 228 g/mol. The monoisotopic (exact) mass is 228 g/mol. The summed E-state index contributed by atoms with van der Waals surface area (Å²) in [6.07, 6.45) is 2.12. The maximum absolute atomic E-state index is 11.8. The minimum Gasteiger partial charge on any atom is -0.393 e. The summed E-state index contributed by atoms with van der Waals surface area (Å²) >= 11 is 0. The standard InChI is InChI=1S/C12H24N2O2/c1-4-13-9(2)5-12(16)14(3)8-10-6-11(15)7-10/h9-11,13,15H,4-8H2,1-3H3. The van der Waals surface area contributed by atoms with Gasteiger partial charge in [0.1, 0.15) is 0 Å². The highest BCUT2D eigenvalue weighted by Crippen LogP contribution is 2.27. The largest absolute Gasteiger partial charge is 0.393 e. The molecule has 1 aliphatic rings. The zero-order valence-corrected chi connectivity index (χ0v) is 10.6. The number of carbonyl (C=O) groups is 1. The van der Waals surface area contributed by atoms with E-state index in [1.165, 1.54) is 0 Å². The molecule has 94 valence electrons. The van der Waals surface area contributed by atoms with Crippen molar-refractivity contribution in [2.45, 2.75) is 45.3 Å². The van der Waals surface area contributed by atoms with Crippen LogP contribution in [0, 0.1) is 5.92 Å². The van der Waals surface area contributed by atoms with Crippen LogP contribution in [0.2, 0.25) is 0 Å². The van der Waals surface area contributed by atoms with E-state index < -0.39 is 0 Å². The van der Waals surface area contributed by atoms with Gasteiger partial charge in [0, 0.05) is 26.1 Å². The molecule has 0 aromatic heterocycles. The summed E-state index contributed by atoms with van der Waals surface area (Å²) in [5.41, 5.74) is 0. The van der Waals surface area contributed by atoms with Crippen molar-refractivity contribution in [1.82, 2.24) is 10.2 Å². The Hall–Kier alpha value is -0.610. The van der Waals surface area contributed by atoms with E-state index in [2.05, 4.69) is 5.32 Å². The Morgan fingerprint density at radius 3 is 2.69 bits per heavy atom. The highest BCUT2D eigenvalue weighted by molar-refractivity contribution is 5.76. The predicted molar refractivity (Wildman–Crippen MR) is 64.1 cm³/mol. The molecular weight excluding hydrogens is 204 g/mol. The summed E-state index contributed by atoms with van der Waals surface area (Å²) < 4.78 is 0. The molecule has 0 saturated heterocycles. The summed E-state index contributed by atoms with van der Waals surface area (Å²) in [7, 11) is 1.85. The molecule has 0 radical (unpaired) electrons. The molecule has 1 atom stereocenters. The molecule has 0 bridgehead atoms. The number of amides is 1. The quantitative estimate of drug-likeness (QED) is 0.700. The molecule has 1 amide bonds. The Labute approximate surface area is 98.0 Å². The number of aliphatic hydroxyl groups is 1. The lowest BCUT2D eigenvalue weighted by atomic mass is 9.82. The summed E-state index contributed by atoms with van der Waals surface area (Å²) in [6, 6.07) is 0.243. The van der Waals surface area contributed by atoms with Gasteiger partial charge in [-0.2, -0.15) is 0 Å². The van der Waals surface area contributed by atoms with Crippen molar-refractivity contribution in [3.63, 3.8) is 0 Å². The van der Waals surface area contributed by atoms with Crippen molar-refractivity contribution in [3.05, 3.63) is 0 Å². The SMILES string of the molecule is CCNC(C)CC(=O)N(C)CC1CC(O)C1. The molecule has 4 heteroatoms. The van der Waals surface area contributed by atoms with Crippen LogP contribution in [0.5, 0.6) is 0 Å². The number of hydrogen-bond donors (Lipinski definition) is 2. The van der Waals surface area contributed by atoms with Crippen molar-refractivity contribution >= 4 is 5.91 Å². The summed E-state index contributed by atoms with van der Waals surface area (Å²) in [4.78, 5) is 13.6. The highest BCUT2D eigenvalue weighted by Gasteiger charge is 2.29. The first kappa shape index (κ1) is 13.5. The second kappa shape index (κ2) is 6.21. The van der Waals surface area contributed by atoms with Crippen LogP contribution >= 0.6 is 0 Å². The van der Waals surface area contributed by atoms with Gasteiger partial charge in [0.15, 0.2) is 0 Å². The third-order valence-electron chi connectivity index (χ3n) is 3.20. The van der Waals surface area contributed by atoms with Crippen LogP contribution in [0.25, 0.3) is 0 Å². The van der Waals surface area contributed by atoms with Crippen LogP contribution in [0.3, 0.4) is 0 Å². The highest BCUT2D eigenvalue weighted by atomic mass is 16.3. The van der Waals surface area contributed by atoms with Crippen molar-refractivity contribution in [3.8, 4) is 0 Å². The first-order chi connectivity index (χ1) is 7.52. The van der Waals surface area contributed by atoms with E-state index in [0.717, 1.165) is 25.9 Å². The van der Waals surface area contributed by atoms with Gasteiger partial charge in [0.05, 0.1) is 6.10 Å². The van der Waals surface area contributed by atoms with Gasteiger partial charge in [-0.3, -0.25) is 4.79 Å². The molecule has 4 nitrogen and oxygen atoms in total. The lowest BCUT2D eigenvalue weighted by Crippen LogP contribution is -2.41. The molecule has 1 fully saturated rings. The second-order valence-electron chi connectivity index (χ2n) is 4.93. The van der Waals surface area contributed by atoms with Crippen LogP contribution in [-0.2, 0) is 4.79 Å². The van der Waals surface area contributed by atoms with Gasteiger partial charge in [-0.25, -0.2) is 0 Å². The Morgan fingerprint density at radius 1 is 1.56 bits per heavy atom. The minimum atomic E-state index is -0.130. The number of rotatable bonds is 6. The second-order valence-corrected chi connectivity index (χ2v) is 4.93. The third-order valence-corrected chi connectivity index (χ3v) is 3.20. The minimum absolute atomic E-state index is 0.130. The van der Waals surface area contributed by atoms with E-state index in [9.17, 15) is 9.90 Å². The topological polar surface area (TPSA) is 52.6 Å². The van der Waals surface area contributed by atoms with Crippen LogP contribution < -0.4 is 5.32 Å².